The van der Waals surface area contributed by atoms with Crippen LogP contribution in [0, 0.1) is 30.6 Å². The summed E-state index contributed by atoms with van der Waals surface area (Å²) in [5, 5.41) is 50.4. The SMILES string of the molecule is CO[C@H]1/C=C/O[C@@]2(C)Oc3c(C)c(O)c4c(O)c(c5c(c4c3C2=O)=NC2(CCN(CCc3ccccc3)CC2)N=5)NC(=O)/C(C)=C\C=C\[C@H](C)[C@H](O)[C@@H](C)[C@@H](O)[C@@H](C)[C@H](OC(C)=O)[C@@H]1C. The quantitative estimate of drug-likeness (QED) is 0.163. The Bertz CT molecular complexity index is 2570. The molecule has 0 aliphatic carbocycles. The van der Waals surface area contributed by atoms with Crippen LogP contribution in [0.4, 0.5) is 5.69 Å². The van der Waals surface area contributed by atoms with E-state index in [0.717, 1.165) is 13.0 Å². The summed E-state index contributed by atoms with van der Waals surface area (Å²) >= 11 is 0. The highest BCUT2D eigenvalue weighted by atomic mass is 16.7. The van der Waals surface area contributed by atoms with Gasteiger partial charge >= 0.3 is 11.8 Å². The Balaban J connectivity index is 1.35. The highest BCUT2D eigenvalue weighted by molar-refractivity contribution is 6.19. The number of methoxy groups -OCH3 is 1. The summed E-state index contributed by atoms with van der Waals surface area (Å²) in [5.74, 6) is -6.97. The molecule has 348 valence electrons. The van der Waals surface area contributed by atoms with Crippen LogP contribution in [0.25, 0.3) is 10.8 Å². The number of likely N-dealkylation sites (tertiary alicyclic amines) is 1. The van der Waals surface area contributed by atoms with E-state index in [1.807, 2.05) is 18.2 Å². The molecule has 5 N–H and O–H groups in total. The second-order valence-corrected chi connectivity index (χ2v) is 18.3. The summed E-state index contributed by atoms with van der Waals surface area (Å²) < 4.78 is 24.1. The topological polar surface area (TPSA) is 209 Å². The number of amides is 1. The lowest BCUT2D eigenvalue weighted by Gasteiger charge is -2.38. The minimum Gasteiger partial charge on any atom is -0.507 e. The van der Waals surface area contributed by atoms with Gasteiger partial charge in [-0.05, 0) is 31.9 Å². The van der Waals surface area contributed by atoms with Crippen LogP contribution in [-0.2, 0) is 30.2 Å². The summed E-state index contributed by atoms with van der Waals surface area (Å²) in [5.41, 5.74) is 0.610. The standard InChI is InChI=1S/C50H62N4O11/c1-26-14-13-15-27(2)48(61)51-40-39-38(52-50(53-39)20-23-54(24-21-50)22-18-33-16-11-10-12-17-33)35-36(44(40)59)43(58)31(6)46-37(35)47(60)49(8,65-46)63-25-19-34(62-9)28(3)45(64-32(7)55)30(5)42(57)29(4)41(26)56/h10-17,19,25-26,28-30,34,41-42,45,56-59H,18,20-24H2,1-9H3,(H,51,61)/b14-13+,25-19+,27-15-/t26-,28+,29+,30+,34-,41-,42+,45+,49-/m0/s1. The normalized spacial score (nSPS) is 31.2. The zero-order chi connectivity index (χ0) is 47.1. The van der Waals surface area contributed by atoms with E-state index >= 15 is 0 Å². The molecule has 0 saturated carbocycles. The number of hydrogen-bond acceptors (Lipinski definition) is 14. The van der Waals surface area contributed by atoms with Crippen LogP contribution in [0.15, 0.2) is 76.5 Å². The molecule has 3 aromatic rings. The number of carbonyl (C=O) groups excluding carboxylic acids is 3. The Morgan fingerprint density at radius 3 is 2.26 bits per heavy atom. The van der Waals surface area contributed by atoms with Gasteiger partial charge in [0.2, 0.25) is 0 Å². The Hall–Kier alpha value is -5.61. The molecule has 0 radical (unpaired) electrons. The number of rotatable bonds is 5. The number of benzene rings is 3. The lowest BCUT2D eigenvalue weighted by Crippen LogP contribution is -2.46. The van der Waals surface area contributed by atoms with Crippen molar-refractivity contribution in [3.8, 4) is 17.2 Å². The smallest absolute Gasteiger partial charge is 0.312 e. The second-order valence-electron chi connectivity index (χ2n) is 18.3. The highest BCUT2D eigenvalue weighted by Crippen LogP contribution is 2.50. The van der Waals surface area contributed by atoms with Crippen LogP contribution in [0.1, 0.15) is 82.8 Å². The van der Waals surface area contributed by atoms with Crippen LogP contribution >= 0.6 is 0 Å². The average molecular weight is 895 g/mol. The van der Waals surface area contributed by atoms with Crippen LogP contribution in [0.2, 0.25) is 0 Å². The van der Waals surface area contributed by atoms with E-state index in [-0.39, 0.29) is 55.4 Å². The van der Waals surface area contributed by atoms with Crippen molar-refractivity contribution in [2.45, 2.75) is 111 Å². The van der Waals surface area contributed by atoms with Crippen molar-refractivity contribution in [1.82, 2.24) is 4.90 Å². The maximum absolute atomic E-state index is 14.8. The third-order valence-corrected chi connectivity index (χ3v) is 13.8. The highest BCUT2D eigenvalue weighted by Gasteiger charge is 2.50. The third kappa shape index (κ3) is 9.03. The van der Waals surface area contributed by atoms with Crippen LogP contribution < -0.4 is 20.8 Å². The number of ether oxygens (including phenoxy) is 4. The Kier molecular flexibility index (Phi) is 13.6. The van der Waals surface area contributed by atoms with Crippen LogP contribution in [0.3, 0.4) is 0 Å². The van der Waals surface area contributed by atoms with Crippen molar-refractivity contribution < 1.29 is 53.8 Å². The van der Waals surface area contributed by atoms with Crippen LogP contribution in [0.5, 0.6) is 17.2 Å². The van der Waals surface area contributed by atoms with E-state index in [4.69, 9.17) is 28.9 Å². The van der Waals surface area contributed by atoms with Crippen molar-refractivity contribution in [3.05, 3.63) is 93.9 Å². The van der Waals surface area contributed by atoms with Gasteiger partial charge in [0.15, 0.2) is 11.4 Å². The number of phenols is 2. The number of hydrogen-bond donors (Lipinski definition) is 5. The first kappa shape index (κ1) is 47.4. The fourth-order valence-corrected chi connectivity index (χ4v) is 9.66. The van der Waals surface area contributed by atoms with E-state index in [1.54, 1.807) is 65.8 Å². The third-order valence-electron chi connectivity index (χ3n) is 13.8. The number of piperidine rings is 1. The summed E-state index contributed by atoms with van der Waals surface area (Å²) in [7, 11) is 1.47. The van der Waals surface area contributed by atoms with E-state index in [1.165, 1.54) is 32.8 Å². The molecule has 4 aliphatic heterocycles. The molecule has 1 fully saturated rings. The van der Waals surface area contributed by atoms with Gasteiger partial charge in [0.05, 0.1) is 40.9 Å². The molecule has 4 bridgehead atoms. The van der Waals surface area contributed by atoms with E-state index < -0.39 is 82.9 Å². The van der Waals surface area contributed by atoms with Gasteiger partial charge in [0, 0.05) is 93.6 Å². The number of fused-ring (bicyclic) bond motifs is 1. The van der Waals surface area contributed by atoms with Gasteiger partial charge < -0.3 is 49.6 Å². The summed E-state index contributed by atoms with van der Waals surface area (Å²) in [6.45, 7) is 15.1. The number of nitrogens with zero attached hydrogens (tertiary/aromatic N) is 3. The van der Waals surface area contributed by atoms with Crippen LogP contribution in [-0.4, -0.2) is 106 Å². The molecule has 1 amide bonds. The molecule has 65 heavy (non-hydrogen) atoms. The number of nitrogens with one attached hydrogen (secondary N) is 1. The molecule has 1 spiro atoms. The number of aliphatic hydroxyl groups is 2. The van der Waals surface area contributed by atoms with E-state index in [9.17, 15) is 34.8 Å². The molecule has 4 aliphatic rings. The Morgan fingerprint density at radius 1 is 0.923 bits per heavy atom. The first-order chi connectivity index (χ1) is 30.8. The Labute approximate surface area is 379 Å². The zero-order valence-electron chi connectivity index (χ0n) is 38.6. The summed E-state index contributed by atoms with van der Waals surface area (Å²) in [6, 6.07) is 10.3. The number of carbonyl (C=O) groups is 3. The van der Waals surface area contributed by atoms with Crippen molar-refractivity contribution in [1.29, 1.82) is 0 Å². The molecule has 0 aromatic heterocycles. The van der Waals surface area contributed by atoms with Gasteiger partial charge in [-0.1, -0.05) is 76.3 Å². The molecule has 3 aromatic carbocycles. The van der Waals surface area contributed by atoms with E-state index in [2.05, 4.69) is 22.3 Å². The van der Waals surface area contributed by atoms with Gasteiger partial charge in [-0.25, -0.2) is 0 Å². The zero-order valence-corrected chi connectivity index (χ0v) is 38.6. The maximum Gasteiger partial charge on any atom is 0.312 e. The molecule has 15 nitrogen and oxygen atoms in total. The molecule has 0 unspecified atom stereocenters. The Morgan fingerprint density at radius 2 is 1.60 bits per heavy atom. The number of allylic oxidation sites excluding steroid dienone is 2. The van der Waals surface area contributed by atoms with Crippen molar-refractivity contribution in [2.24, 2.45) is 33.7 Å². The molecular formula is C50H62N4O11. The number of esters is 1. The summed E-state index contributed by atoms with van der Waals surface area (Å²) in [6.07, 6.45) is 5.84. The molecule has 15 heteroatoms. The molecule has 4 heterocycles. The lowest BCUT2D eigenvalue weighted by molar-refractivity contribution is -0.160. The number of Topliss-reactive ketones (excluding diaryl/α,β-unsaturated/α-hetero) is 1. The minimum absolute atomic E-state index is 0.0300. The second kappa shape index (κ2) is 18.7. The number of anilines is 1. The molecular weight excluding hydrogens is 833 g/mol. The first-order valence-corrected chi connectivity index (χ1v) is 22.4. The van der Waals surface area contributed by atoms with E-state index in [0.29, 0.717) is 25.9 Å². The largest absolute Gasteiger partial charge is 0.507 e. The van der Waals surface area contributed by atoms with Gasteiger partial charge in [0.1, 0.15) is 28.6 Å². The average Bonchev–Trinajstić information content (AvgIpc) is 3.79. The first-order valence-electron chi connectivity index (χ1n) is 22.4. The van der Waals surface area contributed by atoms with Gasteiger partial charge in [-0.3, -0.25) is 24.4 Å². The molecule has 7 rings (SSSR count). The number of ketones is 1. The fraction of sp³-hybridized carbons (Fsp3) is 0.500. The van der Waals surface area contributed by atoms with Crippen molar-refractivity contribution in [2.75, 3.05) is 32.1 Å². The number of phenolic OH excluding ortho intramolecular Hbond substituents is 2. The predicted molar refractivity (Wildman–Crippen MR) is 243 cm³/mol. The van der Waals surface area contributed by atoms with Gasteiger partial charge in [0.25, 0.3) is 11.7 Å². The lowest BCUT2D eigenvalue weighted by atomic mass is 9.78. The van der Waals surface area contributed by atoms with Crippen molar-refractivity contribution in [3.63, 3.8) is 0 Å². The maximum atomic E-state index is 14.8. The minimum atomic E-state index is -1.97. The number of aliphatic hydroxyl groups excluding tert-OH is 2. The van der Waals surface area contributed by atoms with Gasteiger partial charge in [-0.15, -0.1) is 0 Å². The van der Waals surface area contributed by atoms with Gasteiger partial charge in [-0.2, -0.15) is 0 Å². The monoisotopic (exact) mass is 894 g/mol. The molecule has 9 atom stereocenters. The fourth-order valence-electron chi connectivity index (χ4n) is 9.66. The molecule has 1 saturated heterocycles. The van der Waals surface area contributed by atoms with Crippen molar-refractivity contribution >= 4 is 34.1 Å². The number of aromatic hydroxyl groups is 2. The predicted octanol–water partition coefficient (Wildman–Crippen LogP) is 5.34. The summed E-state index contributed by atoms with van der Waals surface area (Å²) in [4.78, 5) is 54.0.